The SMILES string of the molecule is CC[Si](OC)(OC)C(F)(F)C(F)(F)C(F)(F)C(F)(F)C(F)(F)C(F)(F)C(F)(F)C(F)(F)C(C)F. The van der Waals surface area contributed by atoms with Crippen LogP contribution in [0, 0.1) is 0 Å². The number of alkyl halides is 17. The van der Waals surface area contributed by atoms with Crippen LogP contribution in [0.25, 0.3) is 0 Å². The van der Waals surface area contributed by atoms with Gasteiger partial charge in [-0.15, -0.1) is 0 Å². The van der Waals surface area contributed by atoms with Crippen molar-refractivity contribution >= 4 is 8.56 Å². The monoisotopic (exact) mass is 566 g/mol. The van der Waals surface area contributed by atoms with Crippen molar-refractivity contribution in [2.24, 2.45) is 0 Å². The van der Waals surface area contributed by atoms with Crippen LogP contribution < -0.4 is 0 Å². The van der Waals surface area contributed by atoms with Crippen molar-refractivity contribution in [2.45, 2.75) is 73.1 Å². The van der Waals surface area contributed by atoms with Crippen molar-refractivity contribution < 1.29 is 83.5 Å². The fourth-order valence-electron chi connectivity index (χ4n) is 2.53. The average Bonchev–Trinajstić information content (AvgIpc) is 2.68. The van der Waals surface area contributed by atoms with E-state index in [2.05, 4.69) is 8.85 Å². The predicted octanol–water partition coefficient (Wildman–Crippen LogP) is 6.72. The molecule has 1 atom stereocenters. The molecule has 0 aromatic rings. The van der Waals surface area contributed by atoms with E-state index in [-0.39, 0.29) is 14.2 Å². The maximum atomic E-state index is 14.3. The van der Waals surface area contributed by atoms with Gasteiger partial charge in [-0.1, -0.05) is 6.92 Å². The Labute approximate surface area is 180 Å². The van der Waals surface area contributed by atoms with Crippen LogP contribution in [0.4, 0.5) is 74.6 Å². The molecule has 0 aromatic carbocycles. The largest absolute Gasteiger partial charge is 0.421 e. The van der Waals surface area contributed by atoms with Crippen molar-refractivity contribution in [1.82, 2.24) is 0 Å². The van der Waals surface area contributed by atoms with E-state index in [1.807, 2.05) is 0 Å². The van der Waals surface area contributed by atoms with Crippen LogP contribution >= 0.6 is 0 Å². The van der Waals surface area contributed by atoms with Gasteiger partial charge in [-0.25, -0.2) is 4.39 Å². The molecule has 0 amide bonds. The lowest BCUT2D eigenvalue weighted by atomic mass is 9.88. The van der Waals surface area contributed by atoms with Crippen LogP contribution in [0.15, 0.2) is 0 Å². The van der Waals surface area contributed by atoms with Gasteiger partial charge in [0, 0.05) is 14.2 Å². The van der Waals surface area contributed by atoms with Crippen LogP contribution in [0.1, 0.15) is 13.8 Å². The van der Waals surface area contributed by atoms with E-state index in [0.29, 0.717) is 6.92 Å². The molecule has 20 heteroatoms. The Bertz CT molecular complexity index is 709. The molecule has 34 heavy (non-hydrogen) atoms. The first kappa shape index (κ1) is 32.9. The standard InChI is InChI=1S/C14H15F17O2Si/c1-5-34(32-3,33-4)14(30,31)13(28,29)12(26,27)11(24,25)10(22,23)9(20,21)8(18,19)7(16,17)6(2)15/h6H,5H2,1-4H3. The molecule has 1 unspecified atom stereocenters. The Morgan fingerprint density at radius 1 is 0.559 bits per heavy atom. The van der Waals surface area contributed by atoms with Crippen molar-refractivity contribution in [3.05, 3.63) is 0 Å². The lowest BCUT2D eigenvalue weighted by Gasteiger charge is -2.45. The summed E-state index contributed by atoms with van der Waals surface area (Å²) in [4.78, 5) is 0. The summed E-state index contributed by atoms with van der Waals surface area (Å²) < 4.78 is 240. The maximum absolute atomic E-state index is 14.3. The highest BCUT2D eigenvalue weighted by atomic mass is 28.4. The van der Waals surface area contributed by atoms with Crippen LogP contribution in [0.5, 0.6) is 0 Å². The van der Waals surface area contributed by atoms with Gasteiger partial charge in [0.05, 0.1) is 0 Å². The van der Waals surface area contributed by atoms with E-state index in [1.54, 1.807) is 0 Å². The summed E-state index contributed by atoms with van der Waals surface area (Å²) >= 11 is 0. The van der Waals surface area contributed by atoms with Gasteiger partial charge in [-0.05, 0) is 13.0 Å². The molecule has 0 rings (SSSR count). The summed E-state index contributed by atoms with van der Waals surface area (Å²) in [6.07, 6.45) is -4.50. The van der Waals surface area contributed by atoms with E-state index in [1.165, 1.54) is 0 Å². The third-order valence-corrected chi connectivity index (χ3v) is 8.41. The van der Waals surface area contributed by atoms with Gasteiger partial charge >= 0.3 is 55.6 Å². The Morgan fingerprint density at radius 2 is 0.824 bits per heavy atom. The predicted molar refractivity (Wildman–Crippen MR) is 80.4 cm³/mol. The lowest BCUT2D eigenvalue weighted by molar-refractivity contribution is -0.452. The third-order valence-electron chi connectivity index (χ3n) is 4.89. The van der Waals surface area contributed by atoms with Crippen LogP contribution in [0.2, 0.25) is 6.04 Å². The van der Waals surface area contributed by atoms with Gasteiger partial charge in [0.15, 0.2) is 6.17 Å². The fourth-order valence-corrected chi connectivity index (χ4v) is 4.87. The van der Waals surface area contributed by atoms with E-state index < -0.39 is 74.7 Å². The number of hydrogen-bond donors (Lipinski definition) is 0. The first-order valence-corrected chi connectivity index (χ1v) is 10.4. The van der Waals surface area contributed by atoms with Gasteiger partial charge in [0.2, 0.25) is 0 Å². The molecule has 2 nitrogen and oxygen atoms in total. The Hall–Kier alpha value is -1.05. The fraction of sp³-hybridized carbons (Fsp3) is 1.00. The molecule has 0 aromatic heterocycles. The summed E-state index contributed by atoms with van der Waals surface area (Å²) in [5.74, 6) is -56.6. The Kier molecular flexibility index (Phi) is 8.53. The minimum atomic E-state index is -8.60. The topological polar surface area (TPSA) is 18.5 Å². The van der Waals surface area contributed by atoms with Crippen molar-refractivity contribution in [3.8, 4) is 0 Å². The van der Waals surface area contributed by atoms with E-state index in [0.717, 1.165) is 0 Å². The molecule has 206 valence electrons. The second-order valence-corrected chi connectivity index (χ2v) is 10.4. The molecule has 0 spiro atoms. The number of rotatable bonds is 12. The summed E-state index contributed by atoms with van der Waals surface area (Å²) in [5.41, 5.74) is -6.64. The van der Waals surface area contributed by atoms with E-state index in [9.17, 15) is 74.6 Å². The molecule has 0 N–H and O–H groups in total. The zero-order chi connectivity index (χ0) is 28.2. The second-order valence-electron chi connectivity index (χ2n) is 6.77. The minimum Gasteiger partial charge on any atom is -0.394 e. The quantitative estimate of drug-likeness (QED) is 0.193. The summed E-state index contributed by atoms with van der Waals surface area (Å²) in [6.45, 7) is -0.142. The first-order valence-electron chi connectivity index (χ1n) is 8.39. The van der Waals surface area contributed by atoms with Crippen molar-refractivity contribution in [3.63, 3.8) is 0 Å². The van der Waals surface area contributed by atoms with Crippen LogP contribution in [0.3, 0.4) is 0 Å². The molecule has 0 radical (unpaired) electrons. The highest BCUT2D eigenvalue weighted by Crippen LogP contribution is 2.65. The lowest BCUT2D eigenvalue weighted by Crippen LogP contribution is -2.78. The van der Waals surface area contributed by atoms with Gasteiger partial charge in [-0.3, -0.25) is 0 Å². The zero-order valence-electron chi connectivity index (χ0n) is 17.0. The smallest absolute Gasteiger partial charge is 0.394 e. The number of hydrogen-bond acceptors (Lipinski definition) is 2. The van der Waals surface area contributed by atoms with Gasteiger partial charge in [0.25, 0.3) is 0 Å². The summed E-state index contributed by atoms with van der Waals surface area (Å²) in [5, 5.41) is 0. The third kappa shape index (κ3) is 3.76. The molecule has 0 bridgehead atoms. The normalized spacial score (nSPS) is 17.2. The summed E-state index contributed by atoms with van der Waals surface area (Å²) in [6, 6.07) is -1.46. The highest BCUT2D eigenvalue weighted by Gasteiger charge is 2.96. The molecule has 0 aliphatic heterocycles. The highest BCUT2D eigenvalue weighted by molar-refractivity contribution is 6.70. The van der Waals surface area contributed by atoms with Crippen LogP contribution in [-0.4, -0.2) is 76.0 Å². The van der Waals surface area contributed by atoms with E-state index >= 15 is 0 Å². The number of halogens is 17. The Balaban J connectivity index is 7.07. The molecule has 0 aliphatic rings. The molecule has 0 heterocycles. The minimum absolute atomic E-state index is 0.128. The van der Waals surface area contributed by atoms with E-state index in [4.69, 9.17) is 0 Å². The molecule has 0 fully saturated rings. The maximum Gasteiger partial charge on any atom is 0.421 e. The van der Waals surface area contributed by atoms with Crippen LogP contribution in [-0.2, 0) is 8.85 Å². The Morgan fingerprint density at radius 3 is 1.06 bits per heavy atom. The molecule has 0 saturated heterocycles. The van der Waals surface area contributed by atoms with Crippen molar-refractivity contribution in [1.29, 1.82) is 0 Å². The van der Waals surface area contributed by atoms with Gasteiger partial charge in [0.1, 0.15) is 0 Å². The van der Waals surface area contributed by atoms with Crippen molar-refractivity contribution in [2.75, 3.05) is 14.2 Å². The first-order chi connectivity index (χ1) is 14.6. The van der Waals surface area contributed by atoms with Gasteiger partial charge in [-0.2, -0.15) is 70.2 Å². The molecular formula is C14H15F17O2Si. The second kappa shape index (κ2) is 8.81. The summed E-state index contributed by atoms with van der Waals surface area (Å²) in [7, 11) is -5.85. The van der Waals surface area contributed by atoms with Gasteiger partial charge < -0.3 is 8.85 Å². The average molecular weight is 566 g/mol. The molecule has 0 saturated carbocycles. The molecular weight excluding hydrogens is 551 g/mol. The molecule has 0 aliphatic carbocycles. The zero-order valence-corrected chi connectivity index (χ0v) is 18.0.